The lowest BCUT2D eigenvalue weighted by Crippen LogP contribution is -2.08. The smallest absolute Gasteiger partial charge is 0.449 e. The zero-order valence-corrected chi connectivity index (χ0v) is 9.43. The molecule has 0 unspecified atom stereocenters. The molecule has 4 heteroatoms. The Kier molecular flexibility index (Phi) is 5.51. The van der Waals surface area contributed by atoms with E-state index in [4.69, 9.17) is 10.5 Å². The molecule has 0 spiro atoms. The van der Waals surface area contributed by atoms with Gasteiger partial charge in [0.2, 0.25) is 0 Å². The molecule has 0 aromatic heterocycles. The molecule has 0 atom stereocenters. The standard InChI is InChI=1S/C13H15NO3/c14-12(17-13(15)16)10-6-2-5-9-11-7-3-1-4-8-11/h1,3-5,7-9,14H,2,6,10H2,(H,15,16)/b9-5+,14-12?. The number of unbranched alkanes of at least 4 members (excludes halogenated alkanes) is 1. The first kappa shape index (κ1) is 13.0. The van der Waals surface area contributed by atoms with Gasteiger partial charge in [-0.25, -0.2) is 4.79 Å². The van der Waals surface area contributed by atoms with Crippen molar-refractivity contribution in [3.8, 4) is 0 Å². The first-order valence-electron chi connectivity index (χ1n) is 5.38. The van der Waals surface area contributed by atoms with Crippen LogP contribution in [0, 0.1) is 5.41 Å². The summed E-state index contributed by atoms with van der Waals surface area (Å²) in [5.74, 6) is -0.203. The zero-order chi connectivity index (χ0) is 12.5. The molecule has 90 valence electrons. The minimum Gasteiger partial charge on any atom is -0.449 e. The lowest BCUT2D eigenvalue weighted by Gasteiger charge is -1.99. The second-order valence-electron chi connectivity index (χ2n) is 3.50. The van der Waals surface area contributed by atoms with Crippen LogP contribution < -0.4 is 0 Å². The number of nitrogens with one attached hydrogen (secondary N) is 1. The van der Waals surface area contributed by atoms with Gasteiger partial charge in [-0.15, -0.1) is 0 Å². The van der Waals surface area contributed by atoms with E-state index in [9.17, 15) is 4.79 Å². The van der Waals surface area contributed by atoms with E-state index in [-0.39, 0.29) is 5.90 Å². The van der Waals surface area contributed by atoms with Crippen molar-refractivity contribution in [1.29, 1.82) is 5.41 Å². The van der Waals surface area contributed by atoms with Crippen LogP contribution in [0.4, 0.5) is 4.79 Å². The maximum atomic E-state index is 10.1. The molecule has 0 saturated carbocycles. The molecule has 0 bridgehead atoms. The average molecular weight is 233 g/mol. The third-order valence-electron chi connectivity index (χ3n) is 2.10. The second-order valence-corrected chi connectivity index (χ2v) is 3.50. The summed E-state index contributed by atoms with van der Waals surface area (Å²) in [6, 6.07) is 9.91. The Morgan fingerprint density at radius 2 is 2.06 bits per heavy atom. The van der Waals surface area contributed by atoms with Gasteiger partial charge in [-0.3, -0.25) is 5.41 Å². The van der Waals surface area contributed by atoms with E-state index in [1.165, 1.54) is 0 Å². The Morgan fingerprint density at radius 3 is 2.71 bits per heavy atom. The maximum absolute atomic E-state index is 10.1. The van der Waals surface area contributed by atoms with Crippen LogP contribution in [0.1, 0.15) is 24.8 Å². The quantitative estimate of drug-likeness (QED) is 0.353. The summed E-state index contributed by atoms with van der Waals surface area (Å²) in [7, 11) is 0. The Hall–Kier alpha value is -2.10. The number of rotatable bonds is 5. The fraction of sp³-hybridized carbons (Fsp3) is 0.231. The van der Waals surface area contributed by atoms with Crippen molar-refractivity contribution in [3.63, 3.8) is 0 Å². The molecule has 0 amide bonds. The Balaban J connectivity index is 2.18. The fourth-order valence-electron chi connectivity index (χ4n) is 1.32. The van der Waals surface area contributed by atoms with E-state index < -0.39 is 6.16 Å². The topological polar surface area (TPSA) is 70.4 Å². The van der Waals surface area contributed by atoms with Crippen molar-refractivity contribution < 1.29 is 14.6 Å². The second kappa shape index (κ2) is 7.22. The molecule has 0 aliphatic carbocycles. The highest BCUT2D eigenvalue weighted by atomic mass is 16.7. The molecule has 1 aromatic carbocycles. The minimum atomic E-state index is -1.42. The molecule has 0 saturated heterocycles. The summed E-state index contributed by atoms with van der Waals surface area (Å²) < 4.78 is 4.19. The van der Waals surface area contributed by atoms with E-state index in [0.717, 1.165) is 12.0 Å². The normalized spacial score (nSPS) is 10.4. The molecule has 0 aliphatic rings. The predicted molar refractivity (Wildman–Crippen MR) is 66.2 cm³/mol. The number of ether oxygens (including phenoxy) is 1. The molecule has 1 rings (SSSR count). The van der Waals surface area contributed by atoms with Crippen molar-refractivity contribution >= 4 is 18.1 Å². The number of allylic oxidation sites excluding steroid dienone is 1. The van der Waals surface area contributed by atoms with Crippen LogP contribution in [0.25, 0.3) is 6.08 Å². The Morgan fingerprint density at radius 1 is 1.35 bits per heavy atom. The molecule has 0 radical (unpaired) electrons. The maximum Gasteiger partial charge on any atom is 0.512 e. The van der Waals surface area contributed by atoms with Crippen LogP contribution in [0.2, 0.25) is 0 Å². The summed E-state index contributed by atoms with van der Waals surface area (Å²) >= 11 is 0. The molecule has 0 fully saturated rings. The number of hydrogen-bond acceptors (Lipinski definition) is 3. The summed E-state index contributed by atoms with van der Waals surface area (Å²) in [4.78, 5) is 10.1. The monoisotopic (exact) mass is 233 g/mol. The van der Waals surface area contributed by atoms with Crippen LogP contribution in [0.3, 0.4) is 0 Å². The molecule has 0 aliphatic heterocycles. The fourth-order valence-corrected chi connectivity index (χ4v) is 1.32. The molecule has 1 aromatic rings. The summed E-state index contributed by atoms with van der Waals surface area (Å²) in [5, 5.41) is 15.4. The first-order valence-corrected chi connectivity index (χ1v) is 5.38. The van der Waals surface area contributed by atoms with Gasteiger partial charge in [0.1, 0.15) is 0 Å². The van der Waals surface area contributed by atoms with Gasteiger partial charge in [-0.05, 0) is 18.4 Å². The van der Waals surface area contributed by atoms with Gasteiger partial charge in [0.25, 0.3) is 0 Å². The molecular weight excluding hydrogens is 218 g/mol. The lowest BCUT2D eigenvalue weighted by molar-refractivity contribution is 0.139. The van der Waals surface area contributed by atoms with Crippen LogP contribution in [0.5, 0.6) is 0 Å². The number of carbonyl (C=O) groups is 1. The van der Waals surface area contributed by atoms with Gasteiger partial charge in [-0.2, -0.15) is 0 Å². The highest BCUT2D eigenvalue weighted by molar-refractivity contribution is 5.82. The van der Waals surface area contributed by atoms with E-state index in [1.807, 2.05) is 42.5 Å². The molecule has 2 N–H and O–H groups in total. The van der Waals surface area contributed by atoms with E-state index in [2.05, 4.69) is 4.74 Å². The molecule has 17 heavy (non-hydrogen) atoms. The number of hydrogen-bond donors (Lipinski definition) is 2. The van der Waals surface area contributed by atoms with E-state index in [0.29, 0.717) is 12.8 Å². The number of benzene rings is 1. The van der Waals surface area contributed by atoms with Crippen molar-refractivity contribution in [2.24, 2.45) is 0 Å². The van der Waals surface area contributed by atoms with Gasteiger partial charge in [0.15, 0.2) is 5.90 Å². The zero-order valence-electron chi connectivity index (χ0n) is 9.43. The van der Waals surface area contributed by atoms with Crippen LogP contribution in [-0.4, -0.2) is 17.2 Å². The Bertz CT molecular complexity index is 398. The third kappa shape index (κ3) is 6.14. The molecule has 4 nitrogen and oxygen atoms in total. The van der Waals surface area contributed by atoms with Gasteiger partial charge < -0.3 is 9.84 Å². The summed E-state index contributed by atoms with van der Waals surface area (Å²) in [6.07, 6.45) is 4.42. The van der Waals surface area contributed by atoms with Crippen LogP contribution in [-0.2, 0) is 4.74 Å². The summed E-state index contributed by atoms with van der Waals surface area (Å²) in [5.41, 5.74) is 1.13. The largest absolute Gasteiger partial charge is 0.512 e. The van der Waals surface area contributed by atoms with Crippen molar-refractivity contribution in [1.82, 2.24) is 0 Å². The minimum absolute atomic E-state index is 0.203. The van der Waals surface area contributed by atoms with Crippen LogP contribution >= 0.6 is 0 Å². The van der Waals surface area contributed by atoms with Crippen molar-refractivity contribution in [2.45, 2.75) is 19.3 Å². The third-order valence-corrected chi connectivity index (χ3v) is 2.10. The van der Waals surface area contributed by atoms with E-state index in [1.54, 1.807) is 0 Å². The van der Waals surface area contributed by atoms with Crippen molar-refractivity contribution in [3.05, 3.63) is 42.0 Å². The SMILES string of the molecule is N=C(CCC/C=C/c1ccccc1)OC(=O)O. The predicted octanol–water partition coefficient (Wildman–Crippen LogP) is 3.54. The average Bonchev–Trinajstić information content (AvgIpc) is 2.29. The van der Waals surface area contributed by atoms with Crippen LogP contribution in [0.15, 0.2) is 36.4 Å². The van der Waals surface area contributed by atoms with Gasteiger partial charge >= 0.3 is 6.16 Å². The highest BCUT2D eigenvalue weighted by Crippen LogP contribution is 2.05. The van der Waals surface area contributed by atoms with Crippen molar-refractivity contribution in [2.75, 3.05) is 0 Å². The Labute approximate surface area is 100 Å². The molecule has 0 heterocycles. The summed E-state index contributed by atoms with van der Waals surface area (Å²) in [6.45, 7) is 0. The first-order chi connectivity index (χ1) is 8.18. The lowest BCUT2D eigenvalue weighted by atomic mass is 10.1. The molecular formula is C13H15NO3. The number of carboxylic acid groups (broad SMARTS) is 1. The highest BCUT2D eigenvalue weighted by Gasteiger charge is 2.02. The van der Waals surface area contributed by atoms with Gasteiger partial charge in [0.05, 0.1) is 0 Å². The van der Waals surface area contributed by atoms with Gasteiger partial charge in [-0.1, -0.05) is 42.5 Å². The van der Waals surface area contributed by atoms with E-state index >= 15 is 0 Å². The van der Waals surface area contributed by atoms with Gasteiger partial charge in [0, 0.05) is 6.42 Å².